The van der Waals surface area contributed by atoms with Gasteiger partial charge in [0, 0.05) is 11.4 Å². The van der Waals surface area contributed by atoms with Gasteiger partial charge in [-0.25, -0.2) is 0 Å². The van der Waals surface area contributed by atoms with Crippen LogP contribution in [0.1, 0.15) is 117 Å². The molecule has 0 amide bonds. The average molecular weight is 527 g/mol. The standard InChI is InChI=1S/C22H42O7S.2K/c1-3-5-7-9-11-13-15-17-22(21(25)26,19(20(23)24)30(27,28)29)18-16-14-12-10-8-6-4-2;;/h19H,3-18H2,1-2H3,(H,23,24)(H,25,26)(H,27,28,29);;/q;2*+1/p-2. The summed E-state index contributed by atoms with van der Waals surface area (Å²) >= 11 is 0. The Kier molecular flexibility index (Phi) is 27.0. The summed E-state index contributed by atoms with van der Waals surface area (Å²) in [6.45, 7) is 4.21. The maximum atomic E-state index is 12.0. The fraction of sp³-hybridized carbons (Fsp3) is 0.909. The van der Waals surface area contributed by atoms with Crippen LogP contribution in [0.15, 0.2) is 0 Å². The maximum Gasteiger partial charge on any atom is 1.00 e. The van der Waals surface area contributed by atoms with Crippen molar-refractivity contribution in [1.29, 1.82) is 0 Å². The van der Waals surface area contributed by atoms with Gasteiger partial charge in [0.2, 0.25) is 0 Å². The van der Waals surface area contributed by atoms with Crippen LogP contribution in [0, 0.1) is 5.41 Å². The van der Waals surface area contributed by atoms with Crippen LogP contribution in [0.25, 0.3) is 0 Å². The van der Waals surface area contributed by atoms with E-state index in [0.717, 1.165) is 64.2 Å². The van der Waals surface area contributed by atoms with Crippen LogP contribution in [0.3, 0.4) is 0 Å². The van der Waals surface area contributed by atoms with Gasteiger partial charge in [0.25, 0.3) is 10.1 Å². The Balaban J connectivity index is -0.00000420. The predicted octanol–water partition coefficient (Wildman–Crippen LogP) is -2.98. The first kappa shape index (κ1) is 38.6. The molecule has 1 unspecified atom stereocenters. The van der Waals surface area contributed by atoms with E-state index in [1.54, 1.807) is 0 Å². The Morgan fingerprint density at radius 1 is 0.719 bits per heavy atom. The van der Waals surface area contributed by atoms with Gasteiger partial charge in [-0.2, -0.15) is 8.42 Å². The number of hydrogen-bond donors (Lipinski definition) is 1. The van der Waals surface area contributed by atoms with Crippen molar-refractivity contribution in [1.82, 2.24) is 0 Å². The van der Waals surface area contributed by atoms with Crippen molar-refractivity contribution in [2.75, 3.05) is 0 Å². The van der Waals surface area contributed by atoms with Gasteiger partial charge in [-0.3, -0.25) is 4.55 Å². The smallest absolute Gasteiger partial charge is 0.549 e. The van der Waals surface area contributed by atoms with E-state index in [0.29, 0.717) is 25.7 Å². The van der Waals surface area contributed by atoms with Crippen LogP contribution >= 0.6 is 0 Å². The molecule has 178 valence electrons. The molecule has 0 bridgehead atoms. The molecule has 0 aliphatic heterocycles. The number of unbranched alkanes of at least 4 members (excludes halogenated alkanes) is 12. The second-order valence-electron chi connectivity index (χ2n) is 8.40. The minimum Gasteiger partial charge on any atom is -0.549 e. The number of carboxylic acids is 2. The average Bonchev–Trinajstić information content (AvgIpc) is 2.64. The summed E-state index contributed by atoms with van der Waals surface area (Å²) in [5.74, 6) is -3.83. The summed E-state index contributed by atoms with van der Waals surface area (Å²) in [6.07, 6.45) is 12.0. The van der Waals surface area contributed by atoms with Crippen molar-refractivity contribution in [3.05, 3.63) is 0 Å². The Morgan fingerprint density at radius 2 is 1.03 bits per heavy atom. The quantitative estimate of drug-likeness (QED) is 0.102. The first-order valence-electron chi connectivity index (χ1n) is 11.5. The van der Waals surface area contributed by atoms with Gasteiger partial charge in [0.15, 0.2) is 0 Å². The molecule has 0 radical (unpaired) electrons. The summed E-state index contributed by atoms with van der Waals surface area (Å²) in [4.78, 5) is 23.6. The van der Waals surface area contributed by atoms with Crippen LogP contribution in [0.5, 0.6) is 0 Å². The third-order valence-electron chi connectivity index (χ3n) is 5.87. The normalized spacial score (nSPS) is 12.5. The Bertz CT molecular complexity index is 579. The molecule has 0 aliphatic carbocycles. The number of carboxylic acid groups (broad SMARTS) is 2. The fourth-order valence-corrected chi connectivity index (χ4v) is 5.27. The van der Waals surface area contributed by atoms with Crippen LogP contribution in [0.2, 0.25) is 0 Å². The first-order chi connectivity index (χ1) is 14.1. The van der Waals surface area contributed by atoms with Crippen molar-refractivity contribution >= 4 is 22.1 Å². The summed E-state index contributed by atoms with van der Waals surface area (Å²) in [6, 6.07) is 0. The van der Waals surface area contributed by atoms with Crippen molar-refractivity contribution in [2.24, 2.45) is 5.41 Å². The second-order valence-corrected chi connectivity index (χ2v) is 9.90. The number of rotatable bonds is 20. The molecule has 0 heterocycles. The van der Waals surface area contributed by atoms with E-state index in [2.05, 4.69) is 13.8 Å². The molecule has 0 spiro atoms. The molecule has 0 aromatic rings. The van der Waals surface area contributed by atoms with Gasteiger partial charge in [-0.1, -0.05) is 104 Å². The number of carbonyl (C=O) groups excluding carboxylic acids is 2. The molecule has 1 N–H and O–H groups in total. The number of carbonyl (C=O) groups is 2. The Hall–Kier alpha value is 2.12. The molecule has 0 aromatic heterocycles. The summed E-state index contributed by atoms with van der Waals surface area (Å²) in [7, 11) is -5.16. The molecule has 32 heavy (non-hydrogen) atoms. The summed E-state index contributed by atoms with van der Waals surface area (Å²) in [5.41, 5.74) is -2.18. The van der Waals surface area contributed by atoms with Crippen molar-refractivity contribution in [3.63, 3.8) is 0 Å². The van der Waals surface area contributed by atoms with E-state index < -0.39 is 32.7 Å². The molecular formula is C22H40K2O7S. The van der Waals surface area contributed by atoms with Gasteiger partial charge < -0.3 is 19.8 Å². The SMILES string of the molecule is CCCCCCCCCC(CCCCCCCCC)(C(=O)[O-])C(C(=O)[O-])S(=O)(=O)O.[K+].[K+]. The largest absolute Gasteiger partial charge is 1.00 e. The molecular weight excluding hydrogens is 486 g/mol. The zero-order chi connectivity index (χ0) is 23.0. The van der Waals surface area contributed by atoms with Crippen molar-refractivity contribution in [3.8, 4) is 0 Å². The van der Waals surface area contributed by atoms with Crippen LogP contribution < -0.4 is 113 Å². The molecule has 0 saturated heterocycles. The van der Waals surface area contributed by atoms with E-state index in [-0.39, 0.29) is 116 Å². The van der Waals surface area contributed by atoms with Gasteiger partial charge >= 0.3 is 103 Å². The van der Waals surface area contributed by atoms with Crippen LogP contribution in [-0.2, 0) is 19.7 Å². The predicted molar refractivity (Wildman–Crippen MR) is 113 cm³/mol. The molecule has 0 aromatic carbocycles. The van der Waals surface area contributed by atoms with E-state index in [4.69, 9.17) is 0 Å². The summed E-state index contributed by atoms with van der Waals surface area (Å²) in [5, 5.41) is 21.1. The molecule has 0 aliphatic rings. The third kappa shape index (κ3) is 16.0. The second kappa shape index (κ2) is 22.3. The Morgan fingerprint density at radius 3 is 1.28 bits per heavy atom. The molecule has 0 saturated carbocycles. The third-order valence-corrected chi connectivity index (χ3v) is 7.11. The minimum absolute atomic E-state index is 0. The minimum atomic E-state index is -5.16. The monoisotopic (exact) mass is 526 g/mol. The molecule has 0 rings (SSSR count). The van der Waals surface area contributed by atoms with Crippen LogP contribution in [-0.4, -0.2) is 30.2 Å². The van der Waals surface area contributed by atoms with E-state index >= 15 is 0 Å². The van der Waals surface area contributed by atoms with Crippen LogP contribution in [0.4, 0.5) is 0 Å². The number of aliphatic carboxylic acids is 2. The first-order valence-corrected chi connectivity index (χ1v) is 13.0. The molecule has 10 heteroatoms. The zero-order valence-electron chi connectivity index (χ0n) is 20.7. The molecule has 0 fully saturated rings. The number of hydrogen-bond acceptors (Lipinski definition) is 6. The Labute approximate surface area is 280 Å². The van der Waals surface area contributed by atoms with Crippen molar-refractivity contribution in [2.45, 2.75) is 122 Å². The van der Waals surface area contributed by atoms with Gasteiger partial charge in [0.1, 0.15) is 5.25 Å². The summed E-state index contributed by atoms with van der Waals surface area (Å²) < 4.78 is 33.1. The topological polar surface area (TPSA) is 135 Å². The van der Waals surface area contributed by atoms with E-state index in [1.807, 2.05) is 0 Å². The molecule has 1 atom stereocenters. The van der Waals surface area contributed by atoms with Gasteiger partial charge in [0.05, 0.1) is 5.97 Å². The zero-order valence-corrected chi connectivity index (χ0v) is 27.8. The van der Waals surface area contributed by atoms with E-state index in [1.165, 1.54) is 0 Å². The van der Waals surface area contributed by atoms with Crippen molar-refractivity contribution < 1.29 is 136 Å². The van der Waals surface area contributed by atoms with Gasteiger partial charge in [-0.05, 0) is 12.8 Å². The van der Waals surface area contributed by atoms with E-state index in [9.17, 15) is 32.8 Å². The fourth-order valence-electron chi connectivity index (χ4n) is 4.13. The van der Waals surface area contributed by atoms with Gasteiger partial charge in [-0.15, -0.1) is 0 Å². The molecule has 7 nitrogen and oxygen atoms in total. The maximum absolute atomic E-state index is 12.0.